The monoisotopic (exact) mass is 320 g/mol. The summed E-state index contributed by atoms with van der Waals surface area (Å²) in [5.41, 5.74) is 0. The van der Waals surface area contributed by atoms with Crippen molar-refractivity contribution in [3.8, 4) is 0 Å². The van der Waals surface area contributed by atoms with Crippen molar-refractivity contribution >= 4 is 38.9 Å². The maximum atomic E-state index is 12.5. The molecule has 0 unspecified atom stereocenters. The van der Waals surface area contributed by atoms with E-state index in [1.165, 1.54) is 24.2 Å². The van der Waals surface area contributed by atoms with Gasteiger partial charge in [0.25, 0.3) is 5.91 Å². The Kier molecular flexibility index (Phi) is 3.40. The van der Waals surface area contributed by atoms with E-state index in [1.807, 2.05) is 24.3 Å². The molecule has 4 heterocycles. The molecule has 3 aliphatic rings. The first-order chi connectivity index (χ1) is 10.2. The Morgan fingerprint density at radius 1 is 1.33 bits per heavy atom. The van der Waals surface area contributed by atoms with E-state index >= 15 is 0 Å². The normalized spacial score (nSPS) is 28.0. The van der Waals surface area contributed by atoms with Crippen molar-refractivity contribution in [3.63, 3.8) is 0 Å². The minimum atomic E-state index is 0.0322. The number of thiophene rings is 1. The Hall–Kier alpha value is -1.10. The molecule has 1 aromatic carbocycles. The van der Waals surface area contributed by atoms with Gasteiger partial charge in [-0.25, -0.2) is 0 Å². The van der Waals surface area contributed by atoms with Crippen LogP contribution in [0.1, 0.15) is 28.9 Å². The number of carbonyl (C=O) groups is 1. The fourth-order valence-electron chi connectivity index (χ4n) is 3.48. The van der Waals surface area contributed by atoms with Crippen molar-refractivity contribution in [2.75, 3.05) is 13.1 Å². The van der Waals surface area contributed by atoms with Gasteiger partial charge in [0.15, 0.2) is 0 Å². The quantitative estimate of drug-likeness (QED) is 0.914. The molecule has 0 aliphatic carbocycles. The first kappa shape index (κ1) is 13.6. The maximum Gasteiger partial charge on any atom is 0.262 e. The third-order valence-corrected chi connectivity index (χ3v) is 6.27. The van der Waals surface area contributed by atoms with Gasteiger partial charge in [-0.1, -0.05) is 23.7 Å². The van der Waals surface area contributed by atoms with Gasteiger partial charge in [-0.2, -0.15) is 0 Å². The molecule has 3 fully saturated rings. The Morgan fingerprint density at radius 3 is 2.81 bits per heavy atom. The van der Waals surface area contributed by atoms with E-state index in [0.29, 0.717) is 0 Å². The highest BCUT2D eigenvalue weighted by Crippen LogP contribution is 2.33. The average molecular weight is 321 g/mol. The lowest BCUT2D eigenvalue weighted by Crippen LogP contribution is -2.56. The van der Waals surface area contributed by atoms with Crippen LogP contribution >= 0.6 is 22.9 Å². The fraction of sp³-hybridized carbons (Fsp3) is 0.438. The lowest BCUT2D eigenvalue weighted by atomic mass is 9.86. The first-order valence-corrected chi connectivity index (χ1v) is 8.63. The van der Waals surface area contributed by atoms with Crippen LogP contribution in [-0.2, 0) is 0 Å². The van der Waals surface area contributed by atoms with Crippen molar-refractivity contribution in [2.24, 2.45) is 5.92 Å². The predicted molar refractivity (Wildman–Crippen MR) is 87.0 cm³/mol. The summed E-state index contributed by atoms with van der Waals surface area (Å²) < 4.78 is 0.995. The molecule has 3 nitrogen and oxygen atoms in total. The van der Waals surface area contributed by atoms with Gasteiger partial charge in [-0.15, -0.1) is 11.3 Å². The minimum absolute atomic E-state index is 0.0322. The molecular formula is C16H17ClN2OS. The second-order valence-electron chi connectivity index (χ2n) is 5.97. The number of halogens is 1. The number of nitrogens with zero attached hydrogens (tertiary/aromatic N) is 1. The summed E-state index contributed by atoms with van der Waals surface area (Å²) in [5, 5.41) is 4.97. The number of amides is 1. The van der Waals surface area contributed by atoms with Gasteiger partial charge in [0.2, 0.25) is 0 Å². The van der Waals surface area contributed by atoms with Gasteiger partial charge in [-0.05, 0) is 42.7 Å². The van der Waals surface area contributed by atoms with Crippen LogP contribution in [-0.4, -0.2) is 30.1 Å². The van der Waals surface area contributed by atoms with Crippen molar-refractivity contribution < 1.29 is 4.79 Å². The van der Waals surface area contributed by atoms with Crippen LogP contribution in [0.3, 0.4) is 0 Å². The lowest BCUT2D eigenvalue weighted by Gasteiger charge is -2.45. The number of hydrogen-bond acceptors (Lipinski definition) is 3. The van der Waals surface area contributed by atoms with Crippen LogP contribution < -0.4 is 5.32 Å². The Balaban J connectivity index is 1.55. The molecule has 5 heteroatoms. The highest BCUT2D eigenvalue weighted by atomic mass is 35.5. The number of benzene rings is 1. The Bertz CT molecular complexity index is 691. The van der Waals surface area contributed by atoms with Gasteiger partial charge in [0.05, 0.1) is 20.8 Å². The van der Waals surface area contributed by atoms with Gasteiger partial charge < -0.3 is 5.32 Å². The van der Waals surface area contributed by atoms with Crippen LogP contribution in [0, 0.1) is 5.92 Å². The molecule has 1 aromatic heterocycles. The summed E-state index contributed by atoms with van der Waals surface area (Å²) in [6.07, 6.45) is 3.87. The van der Waals surface area contributed by atoms with E-state index in [9.17, 15) is 4.79 Å². The number of nitrogens with one attached hydrogen (secondary N) is 1. The zero-order valence-electron chi connectivity index (χ0n) is 11.6. The summed E-state index contributed by atoms with van der Waals surface area (Å²) in [6, 6.07) is 7.73. The maximum absolute atomic E-state index is 12.5. The number of rotatable bonds is 2. The average Bonchev–Trinajstić information content (AvgIpc) is 2.94. The molecule has 0 saturated carbocycles. The number of piperidine rings is 3. The third-order valence-electron chi connectivity index (χ3n) is 4.66. The molecule has 3 saturated heterocycles. The molecule has 1 atom stereocenters. The first-order valence-electron chi connectivity index (χ1n) is 7.44. The van der Waals surface area contributed by atoms with Crippen LogP contribution in [0.25, 0.3) is 10.1 Å². The lowest BCUT2D eigenvalue weighted by molar-refractivity contribution is 0.0296. The van der Waals surface area contributed by atoms with Gasteiger partial charge in [-0.3, -0.25) is 9.69 Å². The molecule has 5 rings (SSSR count). The highest BCUT2D eigenvalue weighted by molar-refractivity contribution is 7.21. The molecular weight excluding hydrogens is 304 g/mol. The van der Waals surface area contributed by atoms with Crippen molar-refractivity contribution in [3.05, 3.63) is 34.2 Å². The van der Waals surface area contributed by atoms with Crippen molar-refractivity contribution in [2.45, 2.75) is 25.4 Å². The Morgan fingerprint density at radius 2 is 2.14 bits per heavy atom. The SMILES string of the molecule is O=C(N[C@H]1CC2CCN1CC2)c1cc2cccc(Cl)c2s1. The second-order valence-corrected chi connectivity index (χ2v) is 7.43. The fourth-order valence-corrected chi connectivity index (χ4v) is 4.74. The van der Waals surface area contributed by atoms with Gasteiger partial charge >= 0.3 is 0 Å². The largest absolute Gasteiger partial charge is 0.336 e. The molecule has 1 N–H and O–H groups in total. The third kappa shape index (κ3) is 2.45. The van der Waals surface area contributed by atoms with Crippen LogP contribution in [0.5, 0.6) is 0 Å². The van der Waals surface area contributed by atoms with Gasteiger partial charge in [0.1, 0.15) is 0 Å². The molecule has 110 valence electrons. The molecule has 0 radical (unpaired) electrons. The van der Waals surface area contributed by atoms with Crippen LogP contribution in [0.15, 0.2) is 24.3 Å². The number of carbonyl (C=O) groups excluding carboxylic acids is 1. The molecule has 2 bridgehead atoms. The summed E-state index contributed by atoms with van der Waals surface area (Å²) in [6.45, 7) is 2.24. The second kappa shape index (κ2) is 5.27. The molecule has 1 amide bonds. The molecule has 2 aromatic rings. The summed E-state index contributed by atoms with van der Waals surface area (Å²) in [4.78, 5) is 15.7. The van der Waals surface area contributed by atoms with Crippen molar-refractivity contribution in [1.82, 2.24) is 10.2 Å². The summed E-state index contributed by atoms with van der Waals surface area (Å²) in [7, 11) is 0. The standard InChI is InChI=1S/C16H17ClN2OS/c17-12-3-1-2-11-9-13(21-15(11)12)16(20)18-14-8-10-4-6-19(14)7-5-10/h1-3,9-10,14H,4-8H2,(H,18,20)/t14-/m1/s1. The number of hydrogen-bond donors (Lipinski definition) is 1. The molecule has 21 heavy (non-hydrogen) atoms. The smallest absolute Gasteiger partial charge is 0.262 e. The zero-order valence-corrected chi connectivity index (χ0v) is 13.2. The zero-order chi connectivity index (χ0) is 14.4. The Labute approximate surface area is 132 Å². The molecule has 0 spiro atoms. The summed E-state index contributed by atoms with van der Waals surface area (Å²) >= 11 is 7.67. The summed E-state index contributed by atoms with van der Waals surface area (Å²) in [5.74, 6) is 0.821. The number of fused-ring (bicyclic) bond motifs is 4. The van der Waals surface area contributed by atoms with E-state index in [-0.39, 0.29) is 12.1 Å². The van der Waals surface area contributed by atoms with E-state index in [1.54, 1.807) is 0 Å². The van der Waals surface area contributed by atoms with E-state index in [2.05, 4.69) is 10.2 Å². The van der Waals surface area contributed by atoms with Gasteiger partial charge in [0, 0.05) is 13.1 Å². The van der Waals surface area contributed by atoms with E-state index in [4.69, 9.17) is 11.6 Å². The molecule has 3 aliphatic heterocycles. The minimum Gasteiger partial charge on any atom is -0.336 e. The van der Waals surface area contributed by atoms with Crippen molar-refractivity contribution in [1.29, 1.82) is 0 Å². The van der Waals surface area contributed by atoms with Crippen LogP contribution in [0.2, 0.25) is 5.02 Å². The van der Waals surface area contributed by atoms with Crippen LogP contribution in [0.4, 0.5) is 0 Å². The highest BCUT2D eigenvalue weighted by Gasteiger charge is 2.34. The van der Waals surface area contributed by atoms with E-state index in [0.717, 1.165) is 45.4 Å². The van der Waals surface area contributed by atoms with E-state index < -0.39 is 0 Å². The predicted octanol–water partition coefficient (Wildman–Crippen LogP) is 3.73. The topological polar surface area (TPSA) is 32.3 Å².